The van der Waals surface area contributed by atoms with Crippen LogP contribution in [0.2, 0.25) is 0 Å². The SMILES string of the molecule is CCc1cccc2c(/C=C3\SC(=S)N(C[C@@H]4CCCO4)C3=O)cn(CC(=O)NC[C@H]3CCCO3)c12. The standard InChI is InChI=1S/C26H31N3O4S2/c1-2-17-6-3-9-21-18(12-22-25(31)29(26(34)35-22)15-20-8-5-11-33-20)14-28(24(17)21)16-23(30)27-13-19-7-4-10-32-19/h3,6,9,12,14,19-20H,2,4-5,7-8,10-11,13,15-16H2,1H3,(H,27,30)/b22-12-/t19-,20+/m1/s1. The van der Waals surface area contributed by atoms with Crippen molar-refractivity contribution >= 4 is 57.1 Å². The summed E-state index contributed by atoms with van der Waals surface area (Å²) in [6.45, 7) is 4.89. The average molecular weight is 514 g/mol. The molecule has 2 amide bonds. The molecule has 3 aliphatic rings. The van der Waals surface area contributed by atoms with E-state index in [-0.39, 0.29) is 30.6 Å². The molecular weight excluding hydrogens is 482 g/mol. The molecule has 0 bridgehead atoms. The summed E-state index contributed by atoms with van der Waals surface area (Å²) in [6.07, 6.45) is 8.92. The van der Waals surface area contributed by atoms with Crippen molar-refractivity contribution in [3.8, 4) is 0 Å². The number of fused-ring (bicyclic) bond motifs is 1. The normalized spacial score (nSPS) is 23.8. The molecule has 7 nitrogen and oxygen atoms in total. The lowest BCUT2D eigenvalue weighted by atomic mass is 10.1. The minimum atomic E-state index is -0.0719. The van der Waals surface area contributed by atoms with Gasteiger partial charge in [-0.25, -0.2) is 0 Å². The number of thiocarbonyl (C=S) groups is 1. The zero-order chi connectivity index (χ0) is 24.4. The van der Waals surface area contributed by atoms with Gasteiger partial charge in [-0.2, -0.15) is 0 Å². The van der Waals surface area contributed by atoms with Crippen molar-refractivity contribution in [1.29, 1.82) is 0 Å². The number of aryl methyl sites for hydroxylation is 1. The van der Waals surface area contributed by atoms with E-state index in [1.807, 2.05) is 29.0 Å². The highest BCUT2D eigenvalue weighted by atomic mass is 32.2. The van der Waals surface area contributed by atoms with E-state index in [2.05, 4.69) is 18.3 Å². The predicted octanol–water partition coefficient (Wildman–Crippen LogP) is 3.88. The lowest BCUT2D eigenvalue weighted by Crippen LogP contribution is -2.35. The largest absolute Gasteiger partial charge is 0.376 e. The Balaban J connectivity index is 1.39. The molecule has 2 aromatic rings. The molecule has 9 heteroatoms. The number of para-hydroxylation sites is 1. The van der Waals surface area contributed by atoms with Crippen LogP contribution >= 0.6 is 24.0 Å². The van der Waals surface area contributed by atoms with E-state index in [1.54, 1.807) is 4.90 Å². The molecule has 0 saturated carbocycles. The Bertz CT molecular complexity index is 1160. The third-order valence-electron chi connectivity index (χ3n) is 6.83. The molecule has 186 valence electrons. The van der Waals surface area contributed by atoms with Crippen molar-refractivity contribution in [2.24, 2.45) is 0 Å². The number of hydrogen-bond donors (Lipinski definition) is 1. The van der Waals surface area contributed by atoms with Crippen LogP contribution in [0.25, 0.3) is 17.0 Å². The molecule has 35 heavy (non-hydrogen) atoms. The highest BCUT2D eigenvalue weighted by Crippen LogP contribution is 2.35. The lowest BCUT2D eigenvalue weighted by molar-refractivity contribution is -0.123. The van der Waals surface area contributed by atoms with Gasteiger partial charge in [0, 0.05) is 36.9 Å². The minimum absolute atomic E-state index is 0.0438. The van der Waals surface area contributed by atoms with Crippen molar-refractivity contribution in [2.45, 2.75) is 57.8 Å². The number of benzene rings is 1. The van der Waals surface area contributed by atoms with Gasteiger partial charge in [0.15, 0.2) is 0 Å². The molecule has 1 aromatic carbocycles. The molecule has 1 aromatic heterocycles. The second-order valence-corrected chi connectivity index (χ2v) is 10.9. The van der Waals surface area contributed by atoms with Gasteiger partial charge < -0.3 is 19.4 Å². The van der Waals surface area contributed by atoms with Gasteiger partial charge in [-0.05, 0) is 43.7 Å². The number of nitrogens with one attached hydrogen (secondary N) is 1. The molecule has 1 N–H and O–H groups in total. The molecule has 3 saturated heterocycles. The van der Waals surface area contributed by atoms with Crippen molar-refractivity contribution in [3.05, 3.63) is 40.4 Å². The number of rotatable bonds is 8. The van der Waals surface area contributed by atoms with Gasteiger partial charge in [-0.3, -0.25) is 14.5 Å². The molecule has 0 spiro atoms. The van der Waals surface area contributed by atoms with Crippen LogP contribution in [-0.2, 0) is 32.0 Å². The molecule has 5 rings (SSSR count). The van der Waals surface area contributed by atoms with Crippen LogP contribution in [0.5, 0.6) is 0 Å². The number of ether oxygens (including phenoxy) is 2. The third-order valence-corrected chi connectivity index (χ3v) is 8.21. The monoisotopic (exact) mass is 513 g/mol. The Hall–Kier alpha value is -2.20. The topological polar surface area (TPSA) is 72.8 Å². The van der Waals surface area contributed by atoms with Gasteiger partial charge >= 0.3 is 0 Å². The fourth-order valence-corrected chi connectivity index (χ4v) is 6.29. The first-order chi connectivity index (χ1) is 17.0. The number of hydrogen-bond acceptors (Lipinski definition) is 6. The summed E-state index contributed by atoms with van der Waals surface area (Å²) in [5.41, 5.74) is 3.11. The molecule has 3 aliphatic heterocycles. The Morgan fingerprint density at radius 3 is 2.71 bits per heavy atom. The summed E-state index contributed by atoms with van der Waals surface area (Å²) >= 11 is 6.86. The van der Waals surface area contributed by atoms with Gasteiger partial charge in [-0.15, -0.1) is 0 Å². The minimum Gasteiger partial charge on any atom is -0.376 e. The molecule has 2 atom stereocenters. The van der Waals surface area contributed by atoms with Crippen molar-refractivity contribution < 1.29 is 19.1 Å². The zero-order valence-corrected chi connectivity index (χ0v) is 21.6. The van der Waals surface area contributed by atoms with Gasteiger partial charge in [0.2, 0.25) is 5.91 Å². The van der Waals surface area contributed by atoms with Gasteiger partial charge in [-0.1, -0.05) is 49.1 Å². The maximum atomic E-state index is 13.2. The Morgan fingerprint density at radius 2 is 2.00 bits per heavy atom. The van der Waals surface area contributed by atoms with Crippen molar-refractivity contribution in [1.82, 2.24) is 14.8 Å². The molecule has 0 radical (unpaired) electrons. The maximum Gasteiger partial charge on any atom is 0.266 e. The van der Waals surface area contributed by atoms with E-state index in [4.69, 9.17) is 21.7 Å². The molecule has 4 heterocycles. The number of nitrogens with zero attached hydrogens (tertiary/aromatic N) is 2. The van der Waals surface area contributed by atoms with Crippen LogP contribution in [0.15, 0.2) is 29.3 Å². The number of carbonyl (C=O) groups is 2. The Kier molecular flexibility index (Phi) is 7.57. The Morgan fingerprint density at radius 1 is 1.23 bits per heavy atom. The third kappa shape index (κ3) is 5.33. The van der Waals surface area contributed by atoms with E-state index in [1.165, 1.54) is 17.3 Å². The van der Waals surface area contributed by atoms with Crippen molar-refractivity contribution in [2.75, 3.05) is 26.3 Å². The lowest BCUT2D eigenvalue weighted by Gasteiger charge is -2.18. The fraction of sp³-hybridized carbons (Fsp3) is 0.500. The van der Waals surface area contributed by atoms with Gasteiger partial charge in [0.25, 0.3) is 5.91 Å². The van der Waals surface area contributed by atoms with Crippen LogP contribution < -0.4 is 5.32 Å². The highest BCUT2D eigenvalue weighted by molar-refractivity contribution is 8.26. The van der Waals surface area contributed by atoms with E-state index in [0.29, 0.717) is 22.3 Å². The molecule has 3 fully saturated rings. The first kappa shape index (κ1) is 24.5. The zero-order valence-electron chi connectivity index (χ0n) is 20.0. The number of thioether (sulfide) groups is 1. The van der Waals surface area contributed by atoms with Crippen LogP contribution in [0.1, 0.15) is 43.7 Å². The highest BCUT2D eigenvalue weighted by Gasteiger charge is 2.34. The first-order valence-corrected chi connectivity index (χ1v) is 13.6. The van der Waals surface area contributed by atoms with Gasteiger partial charge in [0.05, 0.1) is 29.2 Å². The summed E-state index contributed by atoms with van der Waals surface area (Å²) < 4.78 is 13.9. The summed E-state index contributed by atoms with van der Waals surface area (Å²) in [6, 6.07) is 6.17. The first-order valence-electron chi connectivity index (χ1n) is 12.4. The average Bonchev–Trinajstić information content (AvgIpc) is 3.65. The number of amides is 2. The number of aromatic nitrogens is 1. The van der Waals surface area contributed by atoms with Crippen LogP contribution in [-0.4, -0.2) is 64.1 Å². The quantitative estimate of drug-likeness (QED) is 0.427. The van der Waals surface area contributed by atoms with E-state index >= 15 is 0 Å². The second-order valence-electron chi connectivity index (χ2n) is 9.25. The van der Waals surface area contributed by atoms with E-state index in [9.17, 15) is 9.59 Å². The second kappa shape index (κ2) is 10.8. The van der Waals surface area contributed by atoms with Crippen LogP contribution in [0.3, 0.4) is 0 Å². The Labute approximate surface area is 215 Å². The molecular formula is C26H31N3O4S2. The van der Waals surface area contributed by atoms with Crippen LogP contribution in [0, 0.1) is 0 Å². The smallest absolute Gasteiger partial charge is 0.266 e. The summed E-state index contributed by atoms with van der Waals surface area (Å²) in [5.74, 6) is -0.116. The maximum absolute atomic E-state index is 13.2. The fourth-order valence-electron chi connectivity index (χ4n) is 5.02. The molecule has 0 aliphatic carbocycles. The predicted molar refractivity (Wildman–Crippen MR) is 142 cm³/mol. The van der Waals surface area contributed by atoms with E-state index in [0.717, 1.165) is 61.8 Å². The van der Waals surface area contributed by atoms with Crippen LogP contribution in [0.4, 0.5) is 0 Å². The number of carbonyl (C=O) groups excluding carboxylic acids is 2. The van der Waals surface area contributed by atoms with Crippen molar-refractivity contribution in [3.63, 3.8) is 0 Å². The van der Waals surface area contributed by atoms with E-state index < -0.39 is 0 Å². The summed E-state index contributed by atoms with van der Waals surface area (Å²) in [7, 11) is 0. The van der Waals surface area contributed by atoms with Gasteiger partial charge in [0.1, 0.15) is 10.9 Å². The molecule has 0 unspecified atom stereocenters. The summed E-state index contributed by atoms with van der Waals surface area (Å²) in [5, 5.41) is 4.04. The summed E-state index contributed by atoms with van der Waals surface area (Å²) in [4.78, 5) is 28.2.